The van der Waals surface area contributed by atoms with Crippen molar-refractivity contribution in [3.63, 3.8) is 0 Å². The number of methoxy groups -OCH3 is 1. The molecule has 56 valence electrons. The van der Waals surface area contributed by atoms with Gasteiger partial charge in [0.15, 0.2) is 0 Å². The first kappa shape index (κ1) is 8.68. The van der Waals surface area contributed by atoms with Crippen molar-refractivity contribution in [1.29, 1.82) is 0 Å². The summed E-state index contributed by atoms with van der Waals surface area (Å²) in [5, 5.41) is 0. The van der Waals surface area contributed by atoms with Crippen LogP contribution in [0.15, 0.2) is 12.2 Å². The van der Waals surface area contributed by atoms with E-state index >= 15 is 0 Å². The SMILES string of the molecule is COC(=O)C=CCOC=O. The van der Waals surface area contributed by atoms with Crippen LogP contribution in [0.5, 0.6) is 0 Å². The van der Waals surface area contributed by atoms with Crippen LogP contribution < -0.4 is 0 Å². The Bertz CT molecular complexity index is 139. The zero-order valence-corrected chi connectivity index (χ0v) is 5.57. The lowest BCUT2D eigenvalue weighted by Gasteiger charge is -1.89. The highest BCUT2D eigenvalue weighted by atomic mass is 16.5. The third kappa shape index (κ3) is 4.83. The fourth-order valence-corrected chi connectivity index (χ4v) is 0.307. The van der Waals surface area contributed by atoms with E-state index in [2.05, 4.69) is 9.47 Å². The number of esters is 1. The standard InChI is InChI=1S/C6H8O4/c1-9-6(8)3-2-4-10-5-7/h2-3,5H,4H2,1H3. The molecule has 0 radical (unpaired) electrons. The third-order valence-electron chi connectivity index (χ3n) is 0.716. The molecule has 0 rings (SSSR count). The topological polar surface area (TPSA) is 52.6 Å². The zero-order chi connectivity index (χ0) is 7.82. The monoisotopic (exact) mass is 144 g/mol. The summed E-state index contributed by atoms with van der Waals surface area (Å²) in [7, 11) is 1.27. The zero-order valence-electron chi connectivity index (χ0n) is 5.57. The molecule has 0 saturated heterocycles. The largest absolute Gasteiger partial charge is 0.466 e. The van der Waals surface area contributed by atoms with Crippen LogP contribution in [-0.4, -0.2) is 26.2 Å². The Kier molecular flexibility index (Phi) is 5.04. The summed E-state index contributed by atoms with van der Waals surface area (Å²) in [6.45, 7) is 0.403. The quantitative estimate of drug-likeness (QED) is 0.239. The van der Waals surface area contributed by atoms with Crippen LogP contribution in [0.25, 0.3) is 0 Å². The maximum Gasteiger partial charge on any atom is 0.330 e. The van der Waals surface area contributed by atoms with Crippen LogP contribution in [-0.2, 0) is 19.1 Å². The van der Waals surface area contributed by atoms with Crippen LogP contribution >= 0.6 is 0 Å². The van der Waals surface area contributed by atoms with E-state index in [1.54, 1.807) is 0 Å². The van der Waals surface area contributed by atoms with Gasteiger partial charge in [0, 0.05) is 6.08 Å². The molecule has 0 unspecified atom stereocenters. The molecule has 4 nitrogen and oxygen atoms in total. The average molecular weight is 144 g/mol. The maximum atomic E-state index is 10.3. The highest BCUT2D eigenvalue weighted by molar-refractivity contribution is 5.81. The number of carbonyl (C=O) groups excluding carboxylic acids is 2. The number of hydrogen-bond donors (Lipinski definition) is 0. The normalized spacial score (nSPS) is 9.30. The van der Waals surface area contributed by atoms with Gasteiger partial charge in [0.05, 0.1) is 7.11 Å². The van der Waals surface area contributed by atoms with E-state index in [0.29, 0.717) is 6.47 Å². The number of carbonyl (C=O) groups is 2. The van der Waals surface area contributed by atoms with Crippen molar-refractivity contribution < 1.29 is 19.1 Å². The lowest BCUT2D eigenvalue weighted by atomic mass is 10.5. The Morgan fingerprint density at radius 3 is 2.80 bits per heavy atom. The fraction of sp³-hybridized carbons (Fsp3) is 0.333. The molecule has 0 heterocycles. The Morgan fingerprint density at radius 2 is 2.30 bits per heavy atom. The predicted octanol–water partition coefficient (Wildman–Crippen LogP) is -0.111. The van der Waals surface area contributed by atoms with Gasteiger partial charge < -0.3 is 9.47 Å². The smallest absolute Gasteiger partial charge is 0.330 e. The van der Waals surface area contributed by atoms with Crippen molar-refractivity contribution in [3.05, 3.63) is 12.2 Å². The molecule has 0 aromatic carbocycles. The average Bonchev–Trinajstić information content (AvgIpc) is 1.98. The van der Waals surface area contributed by atoms with Gasteiger partial charge in [-0.05, 0) is 6.08 Å². The van der Waals surface area contributed by atoms with E-state index < -0.39 is 5.97 Å². The van der Waals surface area contributed by atoms with E-state index in [9.17, 15) is 9.59 Å². The Balaban J connectivity index is 3.35. The molecular weight excluding hydrogens is 136 g/mol. The van der Waals surface area contributed by atoms with Crippen LogP contribution in [0.4, 0.5) is 0 Å². The summed E-state index contributed by atoms with van der Waals surface area (Å²) in [6, 6.07) is 0. The summed E-state index contributed by atoms with van der Waals surface area (Å²) >= 11 is 0. The molecular formula is C6H8O4. The molecule has 0 atom stereocenters. The molecule has 0 saturated carbocycles. The summed E-state index contributed by atoms with van der Waals surface area (Å²) in [5.41, 5.74) is 0. The molecule has 0 fully saturated rings. The highest BCUT2D eigenvalue weighted by Crippen LogP contribution is 1.77. The van der Waals surface area contributed by atoms with E-state index in [1.807, 2.05) is 0 Å². The predicted molar refractivity (Wildman–Crippen MR) is 33.2 cm³/mol. The van der Waals surface area contributed by atoms with E-state index in [0.717, 1.165) is 0 Å². The lowest BCUT2D eigenvalue weighted by molar-refractivity contribution is -0.135. The van der Waals surface area contributed by atoms with Crippen LogP contribution in [0.2, 0.25) is 0 Å². The van der Waals surface area contributed by atoms with Crippen molar-refractivity contribution in [2.75, 3.05) is 13.7 Å². The molecule has 0 aliphatic rings. The molecule has 0 N–H and O–H groups in total. The van der Waals surface area contributed by atoms with Crippen LogP contribution in [0.1, 0.15) is 0 Å². The van der Waals surface area contributed by atoms with Gasteiger partial charge in [0.25, 0.3) is 6.47 Å². The van der Waals surface area contributed by atoms with Gasteiger partial charge in [-0.15, -0.1) is 0 Å². The second-order valence-electron chi connectivity index (χ2n) is 1.36. The molecule has 0 aliphatic carbocycles. The number of ether oxygens (including phenoxy) is 2. The van der Waals surface area contributed by atoms with E-state index in [-0.39, 0.29) is 6.61 Å². The Morgan fingerprint density at radius 1 is 1.60 bits per heavy atom. The second-order valence-corrected chi connectivity index (χ2v) is 1.36. The molecule has 0 aliphatic heterocycles. The minimum atomic E-state index is -0.463. The molecule has 10 heavy (non-hydrogen) atoms. The molecule has 0 aromatic heterocycles. The number of rotatable bonds is 4. The summed E-state index contributed by atoms with van der Waals surface area (Å²) < 4.78 is 8.51. The first-order chi connectivity index (χ1) is 4.81. The first-order valence-corrected chi connectivity index (χ1v) is 2.61. The van der Waals surface area contributed by atoms with Gasteiger partial charge >= 0.3 is 5.97 Å². The van der Waals surface area contributed by atoms with Crippen molar-refractivity contribution in [1.82, 2.24) is 0 Å². The fourth-order valence-electron chi connectivity index (χ4n) is 0.307. The summed E-state index contributed by atoms with van der Waals surface area (Å²) in [4.78, 5) is 19.9. The van der Waals surface area contributed by atoms with Gasteiger partial charge in [-0.2, -0.15) is 0 Å². The number of hydrogen-bond acceptors (Lipinski definition) is 4. The Hall–Kier alpha value is -1.32. The van der Waals surface area contributed by atoms with Crippen molar-refractivity contribution in [3.8, 4) is 0 Å². The lowest BCUT2D eigenvalue weighted by Crippen LogP contribution is -1.95. The van der Waals surface area contributed by atoms with Crippen molar-refractivity contribution in [2.24, 2.45) is 0 Å². The van der Waals surface area contributed by atoms with Crippen LogP contribution in [0.3, 0.4) is 0 Å². The van der Waals surface area contributed by atoms with Gasteiger partial charge in [-0.3, -0.25) is 4.79 Å². The highest BCUT2D eigenvalue weighted by Gasteiger charge is 1.87. The molecule has 0 aromatic rings. The van der Waals surface area contributed by atoms with Crippen molar-refractivity contribution in [2.45, 2.75) is 0 Å². The summed E-state index contributed by atoms with van der Waals surface area (Å²) in [6.07, 6.45) is 2.57. The molecule has 0 bridgehead atoms. The van der Waals surface area contributed by atoms with Gasteiger partial charge in [0.1, 0.15) is 6.61 Å². The maximum absolute atomic E-state index is 10.3. The van der Waals surface area contributed by atoms with Crippen LogP contribution in [0, 0.1) is 0 Å². The van der Waals surface area contributed by atoms with E-state index in [4.69, 9.17) is 0 Å². The molecule has 0 spiro atoms. The first-order valence-electron chi connectivity index (χ1n) is 2.61. The minimum Gasteiger partial charge on any atom is -0.466 e. The summed E-state index contributed by atoms with van der Waals surface area (Å²) in [5.74, 6) is -0.463. The third-order valence-corrected chi connectivity index (χ3v) is 0.716. The van der Waals surface area contributed by atoms with Gasteiger partial charge in [-0.25, -0.2) is 4.79 Å². The Labute approximate surface area is 58.4 Å². The van der Waals surface area contributed by atoms with Gasteiger partial charge in [0.2, 0.25) is 0 Å². The van der Waals surface area contributed by atoms with Crippen molar-refractivity contribution >= 4 is 12.4 Å². The minimum absolute atomic E-state index is 0.0958. The molecule has 0 amide bonds. The van der Waals surface area contributed by atoms with E-state index in [1.165, 1.54) is 19.3 Å². The van der Waals surface area contributed by atoms with Gasteiger partial charge in [-0.1, -0.05) is 0 Å². The second kappa shape index (κ2) is 5.81. The molecule has 4 heteroatoms.